The van der Waals surface area contributed by atoms with Gasteiger partial charge in [-0.15, -0.1) is 11.3 Å². The quantitative estimate of drug-likeness (QED) is 0.930. The second-order valence-electron chi connectivity index (χ2n) is 6.76. The minimum Gasteiger partial charge on any atom is -0.389 e. The molecule has 1 aliphatic carbocycles. The maximum absolute atomic E-state index is 12.4. The molecule has 1 saturated heterocycles. The SMILES string of the molecule is Cc1ccc(C(=O)N2CCN(CC3(O)CCCCC3)CC2)s1. The van der Waals surface area contributed by atoms with Crippen LogP contribution in [-0.4, -0.2) is 59.1 Å². The molecule has 0 bridgehead atoms. The molecule has 0 radical (unpaired) electrons. The van der Waals surface area contributed by atoms with E-state index in [-0.39, 0.29) is 5.91 Å². The van der Waals surface area contributed by atoms with Gasteiger partial charge >= 0.3 is 0 Å². The number of hydrogen-bond donors (Lipinski definition) is 1. The number of carbonyl (C=O) groups is 1. The minimum absolute atomic E-state index is 0.161. The molecule has 0 atom stereocenters. The Morgan fingerprint density at radius 3 is 2.45 bits per heavy atom. The predicted molar refractivity (Wildman–Crippen MR) is 89.4 cm³/mol. The fraction of sp³-hybridized carbons (Fsp3) is 0.706. The van der Waals surface area contributed by atoms with Crippen LogP contribution in [0.4, 0.5) is 0 Å². The van der Waals surface area contributed by atoms with E-state index < -0.39 is 5.60 Å². The van der Waals surface area contributed by atoms with Crippen molar-refractivity contribution in [2.24, 2.45) is 0 Å². The van der Waals surface area contributed by atoms with Crippen LogP contribution in [0.15, 0.2) is 12.1 Å². The number of piperazine rings is 1. The lowest BCUT2D eigenvalue weighted by atomic mass is 9.84. The first-order valence-corrected chi connectivity index (χ1v) is 9.18. The van der Waals surface area contributed by atoms with Gasteiger partial charge in [0.05, 0.1) is 10.5 Å². The maximum atomic E-state index is 12.4. The Bertz CT molecular complexity index is 514. The van der Waals surface area contributed by atoms with Gasteiger partial charge in [-0.2, -0.15) is 0 Å². The number of β-amino-alcohol motifs (C(OH)–C–C–N with tert-alkyl or cyclic N) is 1. The maximum Gasteiger partial charge on any atom is 0.264 e. The first-order valence-electron chi connectivity index (χ1n) is 8.36. The second-order valence-corrected chi connectivity index (χ2v) is 8.05. The van der Waals surface area contributed by atoms with Crippen LogP contribution in [0.3, 0.4) is 0 Å². The van der Waals surface area contributed by atoms with Gasteiger partial charge in [0.15, 0.2) is 0 Å². The number of hydrogen-bond acceptors (Lipinski definition) is 4. The average Bonchev–Trinajstić information content (AvgIpc) is 2.94. The molecule has 122 valence electrons. The summed E-state index contributed by atoms with van der Waals surface area (Å²) in [5.74, 6) is 0.161. The Balaban J connectivity index is 1.51. The summed E-state index contributed by atoms with van der Waals surface area (Å²) in [5.41, 5.74) is -0.491. The fourth-order valence-electron chi connectivity index (χ4n) is 3.60. The van der Waals surface area contributed by atoms with Gasteiger partial charge < -0.3 is 10.0 Å². The molecule has 2 aliphatic rings. The van der Waals surface area contributed by atoms with E-state index in [0.717, 1.165) is 63.3 Å². The molecule has 0 aromatic carbocycles. The van der Waals surface area contributed by atoms with Crippen LogP contribution in [-0.2, 0) is 0 Å². The van der Waals surface area contributed by atoms with Crippen LogP contribution in [0, 0.1) is 6.92 Å². The fourth-order valence-corrected chi connectivity index (χ4v) is 4.43. The molecule has 1 aromatic heterocycles. The lowest BCUT2D eigenvalue weighted by molar-refractivity contribution is -0.0339. The van der Waals surface area contributed by atoms with E-state index in [1.165, 1.54) is 11.3 Å². The van der Waals surface area contributed by atoms with Crippen molar-refractivity contribution >= 4 is 17.2 Å². The van der Waals surface area contributed by atoms with E-state index in [2.05, 4.69) is 4.90 Å². The highest BCUT2D eigenvalue weighted by Crippen LogP contribution is 2.29. The number of nitrogens with zero attached hydrogens (tertiary/aromatic N) is 2. The van der Waals surface area contributed by atoms with Crippen molar-refractivity contribution in [1.29, 1.82) is 0 Å². The molecular weight excluding hydrogens is 296 g/mol. The molecule has 1 aliphatic heterocycles. The summed E-state index contributed by atoms with van der Waals surface area (Å²) < 4.78 is 0. The Morgan fingerprint density at radius 1 is 1.18 bits per heavy atom. The van der Waals surface area contributed by atoms with Gasteiger partial charge in [0.25, 0.3) is 5.91 Å². The van der Waals surface area contributed by atoms with Crippen molar-refractivity contribution in [2.45, 2.75) is 44.6 Å². The van der Waals surface area contributed by atoms with E-state index in [1.807, 2.05) is 24.0 Å². The zero-order chi connectivity index (χ0) is 15.6. The highest BCUT2D eigenvalue weighted by atomic mass is 32.1. The summed E-state index contributed by atoms with van der Waals surface area (Å²) in [7, 11) is 0. The third kappa shape index (κ3) is 3.70. The highest BCUT2D eigenvalue weighted by molar-refractivity contribution is 7.13. The summed E-state index contributed by atoms with van der Waals surface area (Å²) in [5, 5.41) is 10.7. The summed E-state index contributed by atoms with van der Waals surface area (Å²) in [6.07, 6.45) is 5.41. The van der Waals surface area contributed by atoms with Gasteiger partial charge in [0.1, 0.15) is 0 Å². The first-order chi connectivity index (χ1) is 10.6. The Hall–Kier alpha value is -0.910. The number of thiophene rings is 1. The molecular formula is C17H26N2O2S. The van der Waals surface area contributed by atoms with Gasteiger partial charge in [-0.25, -0.2) is 0 Å². The summed E-state index contributed by atoms with van der Waals surface area (Å²) in [6, 6.07) is 3.94. The van der Waals surface area contributed by atoms with Gasteiger partial charge in [-0.3, -0.25) is 9.69 Å². The highest BCUT2D eigenvalue weighted by Gasteiger charge is 2.33. The van der Waals surface area contributed by atoms with Crippen LogP contribution < -0.4 is 0 Å². The van der Waals surface area contributed by atoms with E-state index in [4.69, 9.17) is 0 Å². The molecule has 5 heteroatoms. The van der Waals surface area contributed by atoms with Crippen LogP contribution in [0.2, 0.25) is 0 Å². The normalized spacial score (nSPS) is 22.7. The topological polar surface area (TPSA) is 43.8 Å². The van der Waals surface area contributed by atoms with E-state index in [0.29, 0.717) is 0 Å². The Labute approximate surface area is 136 Å². The van der Waals surface area contributed by atoms with E-state index >= 15 is 0 Å². The number of rotatable bonds is 3. The average molecular weight is 322 g/mol. The van der Waals surface area contributed by atoms with Crippen LogP contribution >= 0.6 is 11.3 Å². The standard InChI is InChI=1S/C17H26N2O2S/c1-14-5-6-15(22-14)16(20)19-11-9-18(10-12-19)13-17(21)7-3-2-4-8-17/h5-6,21H,2-4,7-13H2,1H3. The largest absolute Gasteiger partial charge is 0.389 e. The molecule has 1 aromatic rings. The van der Waals surface area contributed by atoms with Crippen LogP contribution in [0.25, 0.3) is 0 Å². The van der Waals surface area contributed by atoms with Crippen molar-refractivity contribution in [2.75, 3.05) is 32.7 Å². The molecule has 22 heavy (non-hydrogen) atoms. The lowest BCUT2D eigenvalue weighted by Crippen LogP contribution is -2.53. The van der Waals surface area contributed by atoms with Crippen LogP contribution in [0.1, 0.15) is 46.7 Å². The molecule has 1 saturated carbocycles. The van der Waals surface area contributed by atoms with Crippen molar-refractivity contribution in [3.8, 4) is 0 Å². The van der Waals surface area contributed by atoms with Crippen LogP contribution in [0.5, 0.6) is 0 Å². The molecule has 1 N–H and O–H groups in total. The second kappa shape index (κ2) is 6.69. The molecule has 0 spiro atoms. The number of aryl methyl sites for hydroxylation is 1. The van der Waals surface area contributed by atoms with Gasteiger partial charge in [0.2, 0.25) is 0 Å². The smallest absolute Gasteiger partial charge is 0.264 e. The summed E-state index contributed by atoms with van der Waals surface area (Å²) >= 11 is 1.57. The zero-order valence-electron chi connectivity index (χ0n) is 13.4. The molecule has 4 nitrogen and oxygen atoms in total. The zero-order valence-corrected chi connectivity index (χ0v) is 14.2. The van der Waals surface area contributed by atoms with Crippen molar-refractivity contribution in [3.63, 3.8) is 0 Å². The molecule has 1 amide bonds. The molecule has 2 heterocycles. The summed E-state index contributed by atoms with van der Waals surface area (Å²) in [6.45, 7) is 6.09. The van der Waals surface area contributed by atoms with E-state index in [9.17, 15) is 9.90 Å². The molecule has 2 fully saturated rings. The third-order valence-corrected chi connectivity index (χ3v) is 5.90. The Morgan fingerprint density at radius 2 is 1.86 bits per heavy atom. The first kappa shape index (κ1) is 16.0. The van der Waals surface area contributed by atoms with Crippen molar-refractivity contribution in [3.05, 3.63) is 21.9 Å². The van der Waals surface area contributed by atoms with Gasteiger partial charge in [-0.05, 0) is 31.9 Å². The predicted octanol–water partition coefficient (Wildman–Crippen LogP) is 2.51. The summed E-state index contributed by atoms with van der Waals surface area (Å²) in [4.78, 5) is 18.7. The molecule has 3 rings (SSSR count). The van der Waals surface area contributed by atoms with E-state index in [1.54, 1.807) is 11.3 Å². The van der Waals surface area contributed by atoms with Crippen molar-refractivity contribution < 1.29 is 9.90 Å². The third-order valence-electron chi connectivity index (χ3n) is 4.91. The van der Waals surface area contributed by atoms with Crippen molar-refractivity contribution in [1.82, 2.24) is 9.80 Å². The Kier molecular flexibility index (Phi) is 4.85. The minimum atomic E-state index is -0.491. The number of amides is 1. The lowest BCUT2D eigenvalue weighted by Gasteiger charge is -2.40. The monoisotopic (exact) mass is 322 g/mol. The number of carbonyl (C=O) groups excluding carboxylic acids is 1. The molecule has 0 unspecified atom stereocenters. The number of aliphatic hydroxyl groups is 1. The van der Waals surface area contributed by atoms with Gasteiger partial charge in [-0.1, -0.05) is 19.3 Å². The van der Waals surface area contributed by atoms with Gasteiger partial charge in [0, 0.05) is 37.6 Å².